The maximum Gasteiger partial charge on any atom is 0.240 e. The Balaban J connectivity index is 2.60. The number of ether oxygens (including phenoxy) is 1. The van der Waals surface area contributed by atoms with E-state index >= 15 is 0 Å². The van der Waals surface area contributed by atoms with Gasteiger partial charge in [-0.1, -0.05) is 20.8 Å². The van der Waals surface area contributed by atoms with Crippen LogP contribution in [0.3, 0.4) is 0 Å². The van der Waals surface area contributed by atoms with E-state index in [1.165, 1.54) is 0 Å². The van der Waals surface area contributed by atoms with Crippen LogP contribution in [0, 0.1) is 5.41 Å². The molecule has 16 heavy (non-hydrogen) atoms. The van der Waals surface area contributed by atoms with Gasteiger partial charge in [-0.15, -0.1) is 0 Å². The number of carbonyl (C=O) groups is 1. The van der Waals surface area contributed by atoms with Gasteiger partial charge < -0.3 is 20.5 Å². The summed E-state index contributed by atoms with van der Waals surface area (Å²) in [4.78, 5) is 13.8. The summed E-state index contributed by atoms with van der Waals surface area (Å²) < 4.78 is 5.29. The highest BCUT2D eigenvalue weighted by atomic mass is 16.5. The van der Waals surface area contributed by atoms with Gasteiger partial charge in [-0.3, -0.25) is 4.79 Å². The van der Waals surface area contributed by atoms with Gasteiger partial charge in [-0.2, -0.15) is 0 Å². The average Bonchev–Trinajstić information content (AvgIpc) is 2.26. The lowest BCUT2D eigenvalue weighted by Crippen LogP contribution is -2.55. The molecule has 0 saturated carbocycles. The minimum absolute atomic E-state index is 0.0609. The monoisotopic (exact) mass is 230 g/mol. The molecule has 3 N–H and O–H groups in total. The second kappa shape index (κ2) is 5.12. The van der Waals surface area contributed by atoms with Gasteiger partial charge in [0.25, 0.3) is 0 Å². The Morgan fingerprint density at radius 3 is 2.75 bits per heavy atom. The summed E-state index contributed by atoms with van der Waals surface area (Å²) in [5.74, 6) is -0.0609. The predicted molar refractivity (Wildman–Crippen MR) is 60.8 cm³/mol. The van der Waals surface area contributed by atoms with Crippen LogP contribution in [0.4, 0.5) is 0 Å². The van der Waals surface area contributed by atoms with Gasteiger partial charge in [0.2, 0.25) is 5.91 Å². The van der Waals surface area contributed by atoms with E-state index in [4.69, 9.17) is 15.6 Å². The van der Waals surface area contributed by atoms with Crippen molar-refractivity contribution in [2.24, 2.45) is 11.1 Å². The van der Waals surface area contributed by atoms with Gasteiger partial charge in [-0.05, 0) is 5.41 Å². The fourth-order valence-corrected chi connectivity index (χ4v) is 1.60. The number of nitrogens with zero attached hydrogens (tertiary/aromatic N) is 1. The Labute approximate surface area is 96.6 Å². The minimum Gasteiger partial charge on any atom is -0.394 e. The molecule has 5 heteroatoms. The van der Waals surface area contributed by atoms with E-state index in [9.17, 15) is 4.79 Å². The molecule has 1 amide bonds. The normalized spacial score (nSPS) is 24.3. The number of aliphatic hydroxyl groups excluding tert-OH is 1. The van der Waals surface area contributed by atoms with Crippen LogP contribution in [0.2, 0.25) is 0 Å². The number of hydrogen-bond donors (Lipinski definition) is 2. The molecule has 0 aromatic heterocycles. The molecule has 0 aromatic carbocycles. The number of nitrogens with two attached hydrogens (primary N) is 1. The Bertz CT molecular complexity index is 250. The fraction of sp³-hybridized carbons (Fsp3) is 0.909. The van der Waals surface area contributed by atoms with Gasteiger partial charge in [0.15, 0.2) is 0 Å². The molecule has 0 radical (unpaired) electrons. The van der Waals surface area contributed by atoms with Crippen LogP contribution in [0.5, 0.6) is 0 Å². The lowest BCUT2D eigenvalue weighted by molar-refractivity contribution is -0.143. The van der Waals surface area contributed by atoms with Crippen LogP contribution in [-0.2, 0) is 9.53 Å². The van der Waals surface area contributed by atoms with E-state index in [-0.39, 0.29) is 24.0 Å². The molecule has 0 spiro atoms. The van der Waals surface area contributed by atoms with Gasteiger partial charge in [0, 0.05) is 13.1 Å². The van der Waals surface area contributed by atoms with Gasteiger partial charge in [-0.25, -0.2) is 0 Å². The third kappa shape index (κ3) is 3.17. The molecule has 0 bridgehead atoms. The Hall–Kier alpha value is -0.650. The minimum atomic E-state index is -0.509. The van der Waals surface area contributed by atoms with E-state index in [1.54, 1.807) is 4.90 Å². The Morgan fingerprint density at radius 1 is 1.62 bits per heavy atom. The van der Waals surface area contributed by atoms with Crippen molar-refractivity contribution in [1.29, 1.82) is 0 Å². The van der Waals surface area contributed by atoms with Crippen molar-refractivity contribution >= 4 is 5.91 Å². The van der Waals surface area contributed by atoms with Gasteiger partial charge >= 0.3 is 0 Å². The van der Waals surface area contributed by atoms with E-state index in [0.29, 0.717) is 19.7 Å². The van der Waals surface area contributed by atoms with Crippen molar-refractivity contribution in [3.8, 4) is 0 Å². The highest BCUT2D eigenvalue weighted by Gasteiger charge is 2.33. The smallest absolute Gasteiger partial charge is 0.240 e. The van der Waals surface area contributed by atoms with Crippen molar-refractivity contribution in [3.05, 3.63) is 0 Å². The lowest BCUT2D eigenvalue weighted by Gasteiger charge is -2.36. The fourth-order valence-electron chi connectivity index (χ4n) is 1.60. The summed E-state index contributed by atoms with van der Waals surface area (Å²) in [7, 11) is 0. The molecular formula is C11H22N2O3. The highest BCUT2D eigenvalue weighted by molar-refractivity contribution is 5.82. The maximum absolute atomic E-state index is 12.1. The standard InChI is InChI=1S/C11H22N2O3/c1-11(2,3)9(12)10(15)13-4-5-16-8(6-13)7-14/h8-9,14H,4-7,12H2,1-3H3/t8?,9-/m0/s1. The molecule has 1 saturated heterocycles. The van der Waals surface area contributed by atoms with Crippen molar-refractivity contribution in [1.82, 2.24) is 4.90 Å². The van der Waals surface area contributed by atoms with E-state index in [0.717, 1.165) is 0 Å². The third-order valence-corrected chi connectivity index (χ3v) is 2.85. The van der Waals surface area contributed by atoms with Crippen molar-refractivity contribution < 1.29 is 14.6 Å². The summed E-state index contributed by atoms with van der Waals surface area (Å²) in [5, 5.41) is 8.99. The van der Waals surface area contributed by atoms with E-state index < -0.39 is 6.04 Å². The number of aliphatic hydroxyl groups is 1. The third-order valence-electron chi connectivity index (χ3n) is 2.85. The first-order chi connectivity index (χ1) is 7.36. The summed E-state index contributed by atoms with van der Waals surface area (Å²) in [6.45, 7) is 7.22. The molecule has 2 atom stereocenters. The first-order valence-corrected chi connectivity index (χ1v) is 5.63. The van der Waals surface area contributed by atoms with Crippen molar-refractivity contribution in [3.63, 3.8) is 0 Å². The predicted octanol–water partition coefficient (Wildman–Crippen LogP) is -0.420. The summed E-state index contributed by atoms with van der Waals surface area (Å²) in [6.07, 6.45) is -0.273. The number of morpholine rings is 1. The van der Waals surface area contributed by atoms with E-state index in [1.807, 2.05) is 20.8 Å². The molecule has 1 aliphatic rings. The zero-order valence-electron chi connectivity index (χ0n) is 10.3. The van der Waals surface area contributed by atoms with Crippen LogP contribution in [-0.4, -0.2) is 54.4 Å². The molecule has 1 aliphatic heterocycles. The van der Waals surface area contributed by atoms with Crippen LogP contribution >= 0.6 is 0 Å². The SMILES string of the molecule is CC(C)(C)[C@@H](N)C(=O)N1CCOC(CO)C1. The van der Waals surface area contributed by atoms with Gasteiger partial charge in [0.1, 0.15) is 0 Å². The van der Waals surface area contributed by atoms with E-state index in [2.05, 4.69) is 0 Å². The second-order valence-electron chi connectivity index (χ2n) is 5.30. The number of hydrogen-bond acceptors (Lipinski definition) is 4. The number of carbonyl (C=O) groups excluding carboxylic acids is 1. The lowest BCUT2D eigenvalue weighted by atomic mass is 9.86. The molecule has 1 rings (SSSR count). The quantitative estimate of drug-likeness (QED) is 0.675. The van der Waals surface area contributed by atoms with Crippen LogP contribution in [0.15, 0.2) is 0 Å². The largest absolute Gasteiger partial charge is 0.394 e. The Morgan fingerprint density at radius 2 is 2.25 bits per heavy atom. The summed E-state index contributed by atoms with van der Waals surface area (Å²) >= 11 is 0. The molecule has 94 valence electrons. The first-order valence-electron chi connectivity index (χ1n) is 5.63. The van der Waals surface area contributed by atoms with Gasteiger partial charge in [0.05, 0.1) is 25.4 Å². The number of amides is 1. The van der Waals surface area contributed by atoms with Crippen LogP contribution < -0.4 is 5.73 Å². The molecular weight excluding hydrogens is 208 g/mol. The van der Waals surface area contributed by atoms with Crippen LogP contribution in [0.25, 0.3) is 0 Å². The molecule has 0 aromatic rings. The maximum atomic E-state index is 12.1. The second-order valence-corrected chi connectivity index (χ2v) is 5.30. The van der Waals surface area contributed by atoms with Crippen LogP contribution in [0.1, 0.15) is 20.8 Å². The highest BCUT2D eigenvalue weighted by Crippen LogP contribution is 2.20. The number of rotatable bonds is 2. The topological polar surface area (TPSA) is 75.8 Å². The van der Waals surface area contributed by atoms with Crippen molar-refractivity contribution in [2.75, 3.05) is 26.3 Å². The summed E-state index contributed by atoms with van der Waals surface area (Å²) in [5.41, 5.74) is 5.67. The zero-order valence-corrected chi connectivity index (χ0v) is 10.3. The summed E-state index contributed by atoms with van der Waals surface area (Å²) in [6, 6.07) is -0.509. The average molecular weight is 230 g/mol. The molecule has 1 unspecified atom stereocenters. The van der Waals surface area contributed by atoms with Crippen molar-refractivity contribution in [2.45, 2.75) is 32.9 Å². The molecule has 5 nitrogen and oxygen atoms in total. The molecule has 1 heterocycles. The zero-order chi connectivity index (χ0) is 12.3. The molecule has 1 fully saturated rings. The molecule has 0 aliphatic carbocycles. The first kappa shape index (κ1) is 13.4. The Kier molecular flexibility index (Phi) is 4.29.